The van der Waals surface area contributed by atoms with Gasteiger partial charge < -0.3 is 9.30 Å². The molecule has 2 N–H and O–H groups in total. The lowest BCUT2D eigenvalue weighted by molar-refractivity contribution is 0.285. The molecule has 0 unspecified atom stereocenters. The first-order valence-electron chi connectivity index (χ1n) is 10.5. The molecule has 1 fully saturated rings. The minimum atomic E-state index is -3.53. The van der Waals surface area contributed by atoms with E-state index in [0.717, 1.165) is 12.8 Å². The van der Waals surface area contributed by atoms with Crippen molar-refractivity contribution in [2.24, 2.45) is 5.92 Å². The largest absolute Gasteiger partial charge is 0.490 e. The van der Waals surface area contributed by atoms with Gasteiger partial charge in [0.1, 0.15) is 0 Å². The third-order valence-corrected chi connectivity index (χ3v) is 6.73. The molecule has 0 aliphatic heterocycles. The lowest BCUT2D eigenvalue weighted by Crippen LogP contribution is -2.29. The maximum atomic E-state index is 13.9. The molecule has 1 heterocycles. The van der Waals surface area contributed by atoms with E-state index in [2.05, 4.69) is 9.71 Å². The smallest absolute Gasteiger partial charge is 0.328 e. The Morgan fingerprint density at radius 3 is 2.71 bits per heavy atom. The van der Waals surface area contributed by atoms with Crippen molar-refractivity contribution in [1.29, 1.82) is 0 Å². The molecule has 31 heavy (non-hydrogen) atoms. The number of aryl methyl sites for hydroxylation is 1. The summed E-state index contributed by atoms with van der Waals surface area (Å²) in [7, 11) is -3.53. The van der Waals surface area contributed by atoms with Gasteiger partial charge in [-0.15, -0.1) is 0 Å². The Bertz CT molecular complexity index is 1110. The number of nitrogens with zero attached hydrogens (tertiary/aromatic N) is 1. The summed E-state index contributed by atoms with van der Waals surface area (Å²) in [4.78, 5) is 24.8. The highest BCUT2D eigenvalue weighted by molar-refractivity contribution is 7.89. The molecule has 1 aromatic carbocycles. The van der Waals surface area contributed by atoms with Crippen molar-refractivity contribution in [3.8, 4) is 5.75 Å². The fourth-order valence-electron chi connectivity index (χ4n) is 3.16. The van der Waals surface area contributed by atoms with Gasteiger partial charge in [-0.25, -0.2) is 22.3 Å². The van der Waals surface area contributed by atoms with E-state index in [1.807, 2.05) is 0 Å². The molecule has 1 atom stereocenters. The lowest BCUT2D eigenvalue weighted by Gasteiger charge is -2.16. The number of H-pyrrole nitrogens is 1. The molecule has 0 saturated heterocycles. The normalized spacial score (nSPS) is 15.0. The number of ether oxygens (including phenoxy) is 1. The second-order valence-corrected chi connectivity index (χ2v) is 9.84. The highest BCUT2D eigenvalue weighted by Gasteiger charge is 2.23. The number of aromatic nitrogens is 2. The van der Waals surface area contributed by atoms with Crippen LogP contribution in [0.15, 0.2) is 40.1 Å². The van der Waals surface area contributed by atoms with Gasteiger partial charge in [0.25, 0.3) is 5.56 Å². The molecule has 8 nitrogen and oxygen atoms in total. The zero-order chi connectivity index (χ0) is 22.4. The van der Waals surface area contributed by atoms with Gasteiger partial charge >= 0.3 is 5.69 Å². The monoisotopic (exact) mass is 453 g/mol. The van der Waals surface area contributed by atoms with E-state index in [9.17, 15) is 22.4 Å². The molecule has 1 aliphatic rings. The zero-order valence-corrected chi connectivity index (χ0v) is 18.3. The van der Waals surface area contributed by atoms with Crippen molar-refractivity contribution in [3.05, 3.63) is 62.7 Å². The molecule has 0 bridgehead atoms. The minimum absolute atomic E-state index is 0.0515. The number of nitrogens with one attached hydrogen (secondary N) is 2. The Morgan fingerprint density at radius 1 is 1.23 bits per heavy atom. The van der Waals surface area contributed by atoms with E-state index in [-0.39, 0.29) is 11.5 Å². The highest BCUT2D eigenvalue weighted by atomic mass is 32.2. The van der Waals surface area contributed by atoms with Crippen LogP contribution in [0.4, 0.5) is 4.39 Å². The highest BCUT2D eigenvalue weighted by Crippen LogP contribution is 2.31. The average molecular weight is 454 g/mol. The maximum absolute atomic E-state index is 13.9. The number of benzene rings is 1. The number of unbranched alkanes of at least 4 members (excludes halogenated alkanes) is 2. The number of halogens is 1. The zero-order valence-electron chi connectivity index (χ0n) is 17.5. The van der Waals surface area contributed by atoms with E-state index >= 15 is 0 Å². The van der Waals surface area contributed by atoms with Crippen molar-refractivity contribution < 1.29 is 17.5 Å². The predicted molar refractivity (Wildman–Crippen MR) is 115 cm³/mol. The Morgan fingerprint density at radius 2 is 2.00 bits per heavy atom. The van der Waals surface area contributed by atoms with Crippen molar-refractivity contribution in [3.63, 3.8) is 0 Å². The van der Waals surface area contributed by atoms with Crippen LogP contribution in [-0.4, -0.2) is 30.3 Å². The molecule has 2 aromatic rings. The topological polar surface area (TPSA) is 110 Å². The predicted octanol–water partition coefficient (Wildman–Crippen LogP) is 2.32. The first-order valence-corrected chi connectivity index (χ1v) is 12.1. The summed E-state index contributed by atoms with van der Waals surface area (Å²) < 4.78 is 48.3. The maximum Gasteiger partial charge on any atom is 0.328 e. The van der Waals surface area contributed by atoms with E-state index in [1.54, 1.807) is 19.1 Å². The third-order valence-electron chi connectivity index (χ3n) is 5.19. The lowest BCUT2D eigenvalue weighted by atomic mass is 10.1. The number of sulfonamides is 1. The molecule has 0 radical (unpaired) electrons. The summed E-state index contributed by atoms with van der Waals surface area (Å²) in [6.45, 7) is 2.59. The molecule has 0 amide bonds. The second-order valence-electron chi connectivity index (χ2n) is 7.97. The minimum Gasteiger partial charge on any atom is -0.490 e. The summed E-state index contributed by atoms with van der Waals surface area (Å²) in [5, 5.41) is 0. The van der Waals surface area contributed by atoms with Crippen LogP contribution in [0.25, 0.3) is 0 Å². The van der Waals surface area contributed by atoms with Gasteiger partial charge in [0.15, 0.2) is 11.6 Å². The van der Waals surface area contributed by atoms with E-state index in [1.165, 1.54) is 22.9 Å². The fraction of sp³-hybridized carbons (Fsp3) is 0.524. The van der Waals surface area contributed by atoms with Crippen molar-refractivity contribution in [2.75, 3.05) is 12.4 Å². The van der Waals surface area contributed by atoms with Gasteiger partial charge in [-0.05, 0) is 56.2 Å². The SMILES string of the molecule is C[C@H](NS(=O)(=O)CCCCCn1ccc(=O)[nH]c1=O)c1ccc(F)c(OCC2CC2)c1. The van der Waals surface area contributed by atoms with Gasteiger partial charge in [0.2, 0.25) is 10.0 Å². The van der Waals surface area contributed by atoms with Crippen molar-refractivity contribution in [2.45, 2.75) is 51.6 Å². The molecule has 1 aliphatic carbocycles. The van der Waals surface area contributed by atoms with Crippen LogP contribution in [-0.2, 0) is 16.6 Å². The van der Waals surface area contributed by atoms with E-state index < -0.39 is 33.1 Å². The van der Waals surface area contributed by atoms with Gasteiger partial charge in [-0.1, -0.05) is 12.5 Å². The standard InChI is InChI=1S/C21H28FN3O5S/c1-15(17-7-8-18(22)19(13-17)30-14-16-5-6-16)24-31(28,29)12-4-2-3-10-25-11-9-20(26)23-21(25)27/h7-9,11,13,15-16,24H,2-6,10,12,14H2,1H3,(H,23,26,27)/t15-/m0/s1. The quantitative estimate of drug-likeness (QED) is 0.479. The summed E-state index contributed by atoms with van der Waals surface area (Å²) in [6.07, 6.45) is 5.26. The Hall–Kier alpha value is -2.46. The first kappa shape index (κ1) is 23.2. The number of aromatic amines is 1. The molecule has 0 spiro atoms. The van der Waals surface area contributed by atoms with Crippen LogP contribution in [0.2, 0.25) is 0 Å². The number of hydrogen-bond acceptors (Lipinski definition) is 5. The number of hydrogen-bond donors (Lipinski definition) is 2. The number of rotatable bonds is 12. The molecule has 170 valence electrons. The van der Waals surface area contributed by atoms with Crippen LogP contribution >= 0.6 is 0 Å². The molecule has 3 rings (SSSR count). The third kappa shape index (κ3) is 7.32. The summed E-state index contributed by atoms with van der Waals surface area (Å²) >= 11 is 0. The van der Waals surface area contributed by atoms with Crippen LogP contribution in [0.3, 0.4) is 0 Å². The van der Waals surface area contributed by atoms with Crippen LogP contribution in [0, 0.1) is 11.7 Å². The fourth-order valence-corrected chi connectivity index (χ4v) is 4.54. The van der Waals surface area contributed by atoms with Crippen molar-refractivity contribution >= 4 is 10.0 Å². The molecular weight excluding hydrogens is 425 g/mol. The molecule has 1 saturated carbocycles. The molecule has 10 heteroatoms. The Labute approximate surface area is 180 Å². The molecular formula is C21H28FN3O5S. The van der Waals surface area contributed by atoms with Gasteiger partial charge in [0, 0.05) is 24.8 Å². The van der Waals surface area contributed by atoms with Gasteiger partial charge in [0.05, 0.1) is 12.4 Å². The Balaban J connectivity index is 1.45. The van der Waals surface area contributed by atoms with Crippen LogP contribution in [0.5, 0.6) is 5.75 Å². The molecule has 1 aromatic heterocycles. The summed E-state index contributed by atoms with van der Waals surface area (Å²) in [6, 6.07) is 5.14. The average Bonchev–Trinajstić information content (AvgIpc) is 3.52. The second kappa shape index (κ2) is 10.2. The van der Waals surface area contributed by atoms with E-state index in [0.29, 0.717) is 43.9 Å². The van der Waals surface area contributed by atoms with Gasteiger partial charge in [-0.3, -0.25) is 9.78 Å². The van der Waals surface area contributed by atoms with Crippen LogP contribution in [0.1, 0.15) is 50.6 Å². The van der Waals surface area contributed by atoms with Crippen LogP contribution < -0.4 is 20.7 Å². The Kier molecular flexibility index (Phi) is 7.66. The van der Waals surface area contributed by atoms with Gasteiger partial charge in [-0.2, -0.15) is 0 Å². The first-order chi connectivity index (χ1) is 14.7. The summed E-state index contributed by atoms with van der Waals surface area (Å²) in [5.41, 5.74) is -0.293. The summed E-state index contributed by atoms with van der Waals surface area (Å²) in [5.74, 6) is 0.125. The van der Waals surface area contributed by atoms with E-state index in [4.69, 9.17) is 4.74 Å². The van der Waals surface area contributed by atoms with Crippen molar-refractivity contribution in [1.82, 2.24) is 14.3 Å².